The van der Waals surface area contributed by atoms with Gasteiger partial charge in [-0.1, -0.05) is 12.1 Å². The highest BCUT2D eigenvalue weighted by atomic mass is 16.5. The highest BCUT2D eigenvalue weighted by molar-refractivity contribution is 5.79. The first-order valence-electron chi connectivity index (χ1n) is 8.71. The van der Waals surface area contributed by atoms with Crippen molar-refractivity contribution in [3.05, 3.63) is 47.8 Å². The lowest BCUT2D eigenvalue weighted by molar-refractivity contribution is -0.138. The van der Waals surface area contributed by atoms with Gasteiger partial charge in [0, 0.05) is 25.2 Å². The van der Waals surface area contributed by atoms with Crippen LogP contribution in [0.4, 0.5) is 0 Å². The molecule has 1 N–H and O–H groups in total. The van der Waals surface area contributed by atoms with E-state index in [4.69, 9.17) is 9.84 Å². The summed E-state index contributed by atoms with van der Waals surface area (Å²) in [5, 5.41) is 13.2. The summed E-state index contributed by atoms with van der Waals surface area (Å²) in [7, 11) is 1.61. The number of benzene rings is 1. The number of methoxy groups -OCH3 is 1. The molecule has 0 saturated carbocycles. The predicted octanol–water partition coefficient (Wildman–Crippen LogP) is 1.92. The molecule has 1 aliphatic heterocycles. The second-order valence-electron chi connectivity index (χ2n) is 6.54. The molecule has 1 atom stereocenters. The summed E-state index contributed by atoms with van der Waals surface area (Å²) in [6.45, 7) is 1.22. The summed E-state index contributed by atoms with van der Waals surface area (Å²) in [6.07, 6.45) is 3.89. The number of amides is 1. The molecule has 0 spiro atoms. The van der Waals surface area contributed by atoms with E-state index in [1.54, 1.807) is 13.3 Å². The molecule has 7 nitrogen and oxygen atoms in total. The number of hydrogen-bond donors (Lipinski definition) is 1. The van der Waals surface area contributed by atoms with Gasteiger partial charge in [0.2, 0.25) is 5.91 Å². The summed E-state index contributed by atoms with van der Waals surface area (Å²) < 4.78 is 6.63. The number of hydrogen-bond acceptors (Lipinski definition) is 4. The number of carbonyl (C=O) groups excluding carboxylic acids is 1. The van der Waals surface area contributed by atoms with E-state index in [9.17, 15) is 9.59 Å². The fourth-order valence-corrected chi connectivity index (χ4v) is 3.34. The van der Waals surface area contributed by atoms with E-state index >= 15 is 0 Å². The van der Waals surface area contributed by atoms with Crippen molar-refractivity contribution in [2.24, 2.45) is 0 Å². The molecule has 0 aliphatic carbocycles. The molecular weight excluding hydrogens is 334 g/mol. The molecule has 1 aliphatic rings. The number of carboxylic acid groups (broad SMARTS) is 1. The number of aliphatic carboxylic acids is 1. The predicted molar refractivity (Wildman–Crippen MR) is 95.1 cm³/mol. The van der Waals surface area contributed by atoms with Crippen LogP contribution in [0.2, 0.25) is 0 Å². The van der Waals surface area contributed by atoms with Crippen molar-refractivity contribution >= 4 is 11.9 Å². The Labute approximate surface area is 152 Å². The van der Waals surface area contributed by atoms with Crippen LogP contribution >= 0.6 is 0 Å². The number of rotatable bonds is 6. The van der Waals surface area contributed by atoms with E-state index in [2.05, 4.69) is 5.10 Å². The normalized spacial score (nSPS) is 17.1. The lowest BCUT2D eigenvalue weighted by Gasteiger charge is -2.32. The minimum atomic E-state index is -0.918. The largest absolute Gasteiger partial charge is 0.497 e. The molecular formula is C19H23N3O4. The van der Waals surface area contributed by atoms with Gasteiger partial charge in [-0.15, -0.1) is 0 Å². The molecule has 2 heterocycles. The Hall–Kier alpha value is -2.83. The monoisotopic (exact) mass is 357 g/mol. The topological polar surface area (TPSA) is 84.7 Å². The Balaban J connectivity index is 1.63. The van der Waals surface area contributed by atoms with Crippen LogP contribution < -0.4 is 4.74 Å². The molecule has 26 heavy (non-hydrogen) atoms. The Kier molecular flexibility index (Phi) is 5.55. The molecule has 1 fully saturated rings. The maximum absolute atomic E-state index is 12.7. The van der Waals surface area contributed by atoms with Crippen molar-refractivity contribution in [1.29, 1.82) is 0 Å². The van der Waals surface area contributed by atoms with E-state index in [0.29, 0.717) is 13.0 Å². The lowest BCUT2D eigenvalue weighted by Crippen LogP contribution is -2.40. The first-order chi connectivity index (χ1) is 12.5. The summed E-state index contributed by atoms with van der Waals surface area (Å²) in [5.41, 5.74) is 1.78. The van der Waals surface area contributed by atoms with Gasteiger partial charge in [-0.2, -0.15) is 5.10 Å². The van der Waals surface area contributed by atoms with E-state index < -0.39 is 5.97 Å². The summed E-state index contributed by atoms with van der Waals surface area (Å²) >= 11 is 0. The maximum atomic E-state index is 12.7. The first-order valence-corrected chi connectivity index (χ1v) is 8.71. The number of carbonyl (C=O) groups is 2. The number of aromatic nitrogens is 2. The van der Waals surface area contributed by atoms with Crippen LogP contribution in [0.3, 0.4) is 0 Å². The van der Waals surface area contributed by atoms with Gasteiger partial charge in [-0.05, 0) is 36.6 Å². The van der Waals surface area contributed by atoms with Crippen LogP contribution in [0.1, 0.15) is 30.0 Å². The van der Waals surface area contributed by atoms with Crippen LogP contribution in [-0.2, 0) is 22.6 Å². The fourth-order valence-electron chi connectivity index (χ4n) is 3.34. The third-order valence-electron chi connectivity index (χ3n) is 4.64. The number of likely N-dealkylation sites (tertiary alicyclic amines) is 1. The Bertz CT molecular complexity index is 787. The van der Waals surface area contributed by atoms with E-state index in [0.717, 1.165) is 36.4 Å². The molecule has 0 radical (unpaired) electrons. The van der Waals surface area contributed by atoms with Gasteiger partial charge in [0.25, 0.3) is 0 Å². The highest BCUT2D eigenvalue weighted by Gasteiger charge is 2.26. The molecule has 1 saturated heterocycles. The summed E-state index contributed by atoms with van der Waals surface area (Å²) in [6, 6.07) is 9.40. The Morgan fingerprint density at radius 2 is 2.19 bits per heavy atom. The van der Waals surface area contributed by atoms with Crippen LogP contribution in [0.25, 0.3) is 0 Å². The van der Waals surface area contributed by atoms with Gasteiger partial charge < -0.3 is 14.7 Å². The molecule has 138 valence electrons. The van der Waals surface area contributed by atoms with Crippen LogP contribution in [0, 0.1) is 0 Å². The standard InChI is InChI=1S/C19H23N3O4/c1-26-16-6-2-4-14(10-16)11-18(23)21-8-3-5-15(12-21)17-7-9-22(20-17)13-19(24)25/h2,4,6-7,9-10,15H,3,5,8,11-13H2,1H3,(H,24,25)/t15-/m1/s1. The molecule has 3 rings (SSSR count). The van der Waals surface area contributed by atoms with Crippen molar-refractivity contribution in [3.8, 4) is 5.75 Å². The van der Waals surface area contributed by atoms with Gasteiger partial charge >= 0.3 is 5.97 Å². The summed E-state index contributed by atoms with van der Waals surface area (Å²) in [5.74, 6) is 0.0650. The molecule has 1 aromatic heterocycles. The summed E-state index contributed by atoms with van der Waals surface area (Å²) in [4.78, 5) is 25.3. The molecule has 1 aromatic carbocycles. The average molecular weight is 357 g/mol. The zero-order chi connectivity index (χ0) is 18.5. The number of carboxylic acids is 1. The Morgan fingerprint density at radius 3 is 2.96 bits per heavy atom. The van der Waals surface area contributed by atoms with Gasteiger partial charge in [-0.3, -0.25) is 14.3 Å². The fraction of sp³-hybridized carbons (Fsp3) is 0.421. The van der Waals surface area contributed by atoms with Crippen LogP contribution in [-0.4, -0.2) is 51.9 Å². The van der Waals surface area contributed by atoms with E-state index in [-0.39, 0.29) is 18.4 Å². The zero-order valence-corrected chi connectivity index (χ0v) is 14.8. The van der Waals surface area contributed by atoms with Gasteiger partial charge in [0.15, 0.2) is 0 Å². The molecule has 0 bridgehead atoms. The maximum Gasteiger partial charge on any atom is 0.325 e. The molecule has 1 amide bonds. The number of ether oxygens (including phenoxy) is 1. The first kappa shape index (κ1) is 18.0. The van der Waals surface area contributed by atoms with Crippen LogP contribution in [0.15, 0.2) is 36.5 Å². The minimum absolute atomic E-state index is 0.0907. The quantitative estimate of drug-likeness (QED) is 0.854. The van der Waals surface area contributed by atoms with Gasteiger partial charge in [0.05, 0.1) is 19.2 Å². The number of nitrogens with zero attached hydrogens (tertiary/aromatic N) is 3. The molecule has 7 heteroatoms. The smallest absolute Gasteiger partial charge is 0.325 e. The third kappa shape index (κ3) is 4.41. The molecule has 0 unspecified atom stereocenters. The van der Waals surface area contributed by atoms with E-state index in [1.165, 1.54) is 4.68 Å². The third-order valence-corrected chi connectivity index (χ3v) is 4.64. The molecule has 2 aromatic rings. The van der Waals surface area contributed by atoms with E-state index in [1.807, 2.05) is 35.2 Å². The second kappa shape index (κ2) is 8.03. The van der Waals surface area contributed by atoms with Crippen molar-refractivity contribution in [2.45, 2.75) is 31.7 Å². The van der Waals surface area contributed by atoms with Gasteiger partial charge in [-0.25, -0.2) is 0 Å². The SMILES string of the molecule is COc1cccc(CC(=O)N2CCC[C@@H](c3ccn(CC(=O)O)n3)C2)c1. The van der Waals surface area contributed by atoms with Crippen molar-refractivity contribution in [2.75, 3.05) is 20.2 Å². The average Bonchev–Trinajstić information content (AvgIpc) is 3.09. The van der Waals surface area contributed by atoms with Crippen molar-refractivity contribution < 1.29 is 19.4 Å². The minimum Gasteiger partial charge on any atom is -0.497 e. The van der Waals surface area contributed by atoms with Crippen molar-refractivity contribution in [1.82, 2.24) is 14.7 Å². The zero-order valence-electron chi connectivity index (χ0n) is 14.8. The lowest BCUT2D eigenvalue weighted by atomic mass is 9.94. The highest BCUT2D eigenvalue weighted by Crippen LogP contribution is 2.26. The van der Waals surface area contributed by atoms with Crippen LogP contribution in [0.5, 0.6) is 5.75 Å². The van der Waals surface area contributed by atoms with Gasteiger partial charge in [0.1, 0.15) is 12.3 Å². The number of piperidine rings is 1. The van der Waals surface area contributed by atoms with Crippen molar-refractivity contribution in [3.63, 3.8) is 0 Å². The second-order valence-corrected chi connectivity index (χ2v) is 6.54. The Morgan fingerprint density at radius 1 is 1.35 bits per heavy atom.